The van der Waals surface area contributed by atoms with E-state index in [1.54, 1.807) is 6.07 Å². The number of halogens is 1. The van der Waals surface area contributed by atoms with E-state index < -0.39 is 6.36 Å². The van der Waals surface area contributed by atoms with Crippen LogP contribution in [0.25, 0.3) is 0 Å². The largest absolute Gasteiger partial charge is 0.444 e. The smallest absolute Gasteiger partial charge is 0.237 e. The predicted octanol–water partition coefficient (Wildman–Crippen LogP) is 2.27. The molecule has 0 aliphatic carbocycles. The first-order chi connectivity index (χ1) is 8.94. The van der Waals surface area contributed by atoms with Gasteiger partial charge in [0.15, 0.2) is 0 Å². The molecular formula is C14H22FN3O. The van der Waals surface area contributed by atoms with Gasteiger partial charge in [-0.1, -0.05) is 13.8 Å². The number of hydrogen-bond acceptors (Lipinski definition) is 4. The molecule has 1 fully saturated rings. The van der Waals surface area contributed by atoms with Gasteiger partial charge in [-0.3, -0.25) is 0 Å². The Labute approximate surface area is 114 Å². The number of nitrogens with zero attached hydrogens (tertiary/aromatic N) is 2. The van der Waals surface area contributed by atoms with E-state index in [2.05, 4.69) is 29.0 Å². The maximum Gasteiger partial charge on any atom is 0.237 e. The summed E-state index contributed by atoms with van der Waals surface area (Å²) in [6.45, 7) is 9.47. The first kappa shape index (κ1) is 14.1. The minimum atomic E-state index is -1.34. The molecule has 4 nitrogen and oxygen atoms in total. The maximum absolute atomic E-state index is 12.9. The summed E-state index contributed by atoms with van der Waals surface area (Å²) < 4.78 is 17.9. The molecule has 2 heterocycles. The van der Waals surface area contributed by atoms with Gasteiger partial charge in [0.1, 0.15) is 0 Å². The summed E-state index contributed by atoms with van der Waals surface area (Å²) in [7, 11) is 0. The molecule has 0 amide bonds. The van der Waals surface area contributed by atoms with Gasteiger partial charge < -0.3 is 15.0 Å². The highest BCUT2D eigenvalue weighted by atomic mass is 19.1. The van der Waals surface area contributed by atoms with E-state index in [0.29, 0.717) is 18.0 Å². The van der Waals surface area contributed by atoms with E-state index in [1.165, 1.54) is 6.92 Å². The average molecular weight is 267 g/mol. The SMILES string of the molecule is Cc1cc(N2CC(NC(C)C)C2)cc(OC(C)F)n1. The zero-order chi connectivity index (χ0) is 14.0. The van der Waals surface area contributed by atoms with Crippen molar-refractivity contribution in [3.8, 4) is 5.88 Å². The Hall–Kier alpha value is -1.36. The molecule has 2 rings (SSSR count). The van der Waals surface area contributed by atoms with Gasteiger partial charge in [-0.25, -0.2) is 9.37 Å². The fraction of sp³-hybridized carbons (Fsp3) is 0.643. The van der Waals surface area contributed by atoms with Gasteiger partial charge in [0.25, 0.3) is 0 Å². The van der Waals surface area contributed by atoms with Crippen molar-refractivity contribution in [1.82, 2.24) is 10.3 Å². The zero-order valence-corrected chi connectivity index (χ0v) is 12.0. The van der Waals surface area contributed by atoms with E-state index >= 15 is 0 Å². The van der Waals surface area contributed by atoms with E-state index in [0.717, 1.165) is 24.5 Å². The number of alkyl halides is 1. The van der Waals surface area contributed by atoms with E-state index in [9.17, 15) is 4.39 Å². The van der Waals surface area contributed by atoms with Crippen LogP contribution in [0.15, 0.2) is 12.1 Å². The van der Waals surface area contributed by atoms with E-state index in [-0.39, 0.29) is 0 Å². The van der Waals surface area contributed by atoms with Gasteiger partial charge in [-0.05, 0) is 13.0 Å². The number of aryl methyl sites for hydroxylation is 1. The number of anilines is 1. The van der Waals surface area contributed by atoms with Crippen molar-refractivity contribution in [3.63, 3.8) is 0 Å². The van der Waals surface area contributed by atoms with Crippen LogP contribution in [0.2, 0.25) is 0 Å². The lowest BCUT2D eigenvalue weighted by Gasteiger charge is -2.42. The first-order valence-electron chi connectivity index (χ1n) is 6.74. The second-order valence-corrected chi connectivity index (χ2v) is 5.39. The van der Waals surface area contributed by atoms with Crippen molar-refractivity contribution < 1.29 is 9.13 Å². The Morgan fingerprint density at radius 3 is 2.63 bits per heavy atom. The molecule has 19 heavy (non-hydrogen) atoms. The lowest BCUT2D eigenvalue weighted by atomic mass is 10.1. The highest BCUT2D eigenvalue weighted by Gasteiger charge is 2.27. The number of aromatic nitrogens is 1. The molecule has 0 saturated carbocycles. The molecule has 106 valence electrons. The number of ether oxygens (including phenoxy) is 1. The summed E-state index contributed by atoms with van der Waals surface area (Å²) in [6.07, 6.45) is -1.34. The van der Waals surface area contributed by atoms with Crippen LogP contribution in [0, 0.1) is 6.92 Å². The molecule has 0 aromatic carbocycles. The fourth-order valence-corrected chi connectivity index (χ4v) is 2.30. The molecule has 0 bridgehead atoms. The van der Waals surface area contributed by atoms with E-state index in [4.69, 9.17) is 4.74 Å². The van der Waals surface area contributed by atoms with Crippen molar-refractivity contribution in [2.75, 3.05) is 18.0 Å². The van der Waals surface area contributed by atoms with Crippen molar-refractivity contribution in [3.05, 3.63) is 17.8 Å². The Morgan fingerprint density at radius 2 is 2.05 bits per heavy atom. The molecule has 1 unspecified atom stereocenters. The third-order valence-electron chi connectivity index (χ3n) is 3.01. The summed E-state index contributed by atoms with van der Waals surface area (Å²) >= 11 is 0. The number of hydrogen-bond donors (Lipinski definition) is 1. The van der Waals surface area contributed by atoms with Crippen LogP contribution in [-0.2, 0) is 0 Å². The topological polar surface area (TPSA) is 37.4 Å². The molecule has 0 radical (unpaired) electrons. The summed E-state index contributed by atoms with van der Waals surface area (Å²) in [5.74, 6) is 0.352. The Morgan fingerprint density at radius 1 is 1.37 bits per heavy atom. The normalized spacial score (nSPS) is 17.5. The predicted molar refractivity (Wildman–Crippen MR) is 74.4 cm³/mol. The monoisotopic (exact) mass is 267 g/mol. The first-order valence-corrected chi connectivity index (χ1v) is 6.74. The van der Waals surface area contributed by atoms with E-state index in [1.807, 2.05) is 13.0 Å². The highest BCUT2D eigenvalue weighted by Crippen LogP contribution is 2.25. The zero-order valence-electron chi connectivity index (χ0n) is 12.0. The molecule has 1 aliphatic rings. The second-order valence-electron chi connectivity index (χ2n) is 5.39. The maximum atomic E-state index is 12.9. The summed E-state index contributed by atoms with van der Waals surface area (Å²) in [6, 6.07) is 4.83. The van der Waals surface area contributed by atoms with Crippen molar-refractivity contribution in [2.45, 2.75) is 46.1 Å². The summed E-state index contributed by atoms with van der Waals surface area (Å²) in [4.78, 5) is 6.42. The van der Waals surface area contributed by atoms with Crippen LogP contribution in [0.5, 0.6) is 5.88 Å². The number of pyridine rings is 1. The molecule has 1 atom stereocenters. The molecule has 0 spiro atoms. The third kappa shape index (κ3) is 3.80. The Balaban J connectivity index is 2.00. The molecule has 1 aromatic rings. The lowest BCUT2D eigenvalue weighted by Crippen LogP contribution is -2.59. The van der Waals surface area contributed by atoms with Crippen LogP contribution in [0.4, 0.5) is 10.1 Å². The minimum Gasteiger partial charge on any atom is -0.444 e. The molecule has 5 heteroatoms. The highest BCUT2D eigenvalue weighted by molar-refractivity contribution is 5.52. The molecule has 1 saturated heterocycles. The summed E-state index contributed by atoms with van der Waals surface area (Å²) in [5, 5.41) is 3.49. The Kier molecular flexibility index (Phi) is 4.24. The fourth-order valence-electron chi connectivity index (χ4n) is 2.30. The summed E-state index contributed by atoms with van der Waals surface area (Å²) in [5.41, 5.74) is 1.89. The van der Waals surface area contributed by atoms with Crippen LogP contribution in [0.3, 0.4) is 0 Å². The number of nitrogens with one attached hydrogen (secondary N) is 1. The van der Waals surface area contributed by atoms with Gasteiger partial charge >= 0.3 is 0 Å². The second kappa shape index (κ2) is 5.74. The Bertz CT molecular complexity index is 431. The molecule has 1 aliphatic heterocycles. The van der Waals surface area contributed by atoms with Gasteiger partial charge in [-0.2, -0.15) is 0 Å². The van der Waals surface area contributed by atoms with Gasteiger partial charge in [0.05, 0.1) is 0 Å². The van der Waals surface area contributed by atoms with Crippen LogP contribution < -0.4 is 15.0 Å². The quantitative estimate of drug-likeness (QED) is 0.888. The molecule has 1 aromatic heterocycles. The van der Waals surface area contributed by atoms with Gasteiger partial charge in [-0.15, -0.1) is 0 Å². The molecule has 1 N–H and O–H groups in total. The van der Waals surface area contributed by atoms with Crippen molar-refractivity contribution in [2.24, 2.45) is 0 Å². The molecular weight excluding hydrogens is 245 g/mol. The average Bonchev–Trinajstić information content (AvgIpc) is 2.20. The lowest BCUT2D eigenvalue weighted by molar-refractivity contribution is 0.0809. The van der Waals surface area contributed by atoms with Crippen LogP contribution in [-0.4, -0.2) is 36.5 Å². The van der Waals surface area contributed by atoms with Crippen LogP contribution >= 0.6 is 0 Å². The van der Waals surface area contributed by atoms with Crippen molar-refractivity contribution >= 4 is 5.69 Å². The number of rotatable bonds is 5. The standard InChI is InChI=1S/C14H22FN3O/c1-9(2)16-12-7-18(8-12)13-5-10(3)17-14(6-13)19-11(4)15/h5-6,9,11-12,16H,7-8H2,1-4H3. The van der Waals surface area contributed by atoms with Crippen LogP contribution in [0.1, 0.15) is 26.5 Å². The van der Waals surface area contributed by atoms with Crippen molar-refractivity contribution in [1.29, 1.82) is 0 Å². The van der Waals surface area contributed by atoms with Gasteiger partial charge in [0.2, 0.25) is 12.2 Å². The minimum absolute atomic E-state index is 0.352. The van der Waals surface area contributed by atoms with Gasteiger partial charge in [0, 0.05) is 49.5 Å². The third-order valence-corrected chi connectivity index (χ3v) is 3.01.